The molecule has 0 heterocycles. The average Bonchev–Trinajstić information content (AvgIpc) is 2.57. The molecule has 2 rings (SSSR count). The fourth-order valence-corrected chi connectivity index (χ4v) is 2.31. The van der Waals surface area contributed by atoms with E-state index in [1.807, 2.05) is 37.3 Å². The number of nitrogens with zero attached hydrogens (tertiary/aromatic N) is 1. The molecule has 2 aromatic rings. The summed E-state index contributed by atoms with van der Waals surface area (Å²) < 4.78 is 5.45. The van der Waals surface area contributed by atoms with Crippen molar-refractivity contribution >= 4 is 12.0 Å². The van der Waals surface area contributed by atoms with Gasteiger partial charge in [-0.2, -0.15) is 5.26 Å². The van der Waals surface area contributed by atoms with E-state index in [9.17, 15) is 9.90 Å². The highest BCUT2D eigenvalue weighted by molar-refractivity contribution is 6.00. The molecule has 0 saturated carbocycles. The molecule has 122 valence electrons. The molecule has 0 unspecified atom stereocenters. The van der Waals surface area contributed by atoms with Gasteiger partial charge in [0.2, 0.25) is 0 Å². The first-order valence-corrected chi connectivity index (χ1v) is 7.49. The van der Waals surface area contributed by atoms with Crippen LogP contribution in [0.2, 0.25) is 0 Å². The third-order valence-corrected chi connectivity index (χ3v) is 3.41. The largest absolute Gasteiger partial charge is 0.504 e. The Labute approximate surface area is 140 Å². The van der Waals surface area contributed by atoms with Gasteiger partial charge in [-0.05, 0) is 36.3 Å². The van der Waals surface area contributed by atoms with Crippen LogP contribution < -0.4 is 10.5 Å². The van der Waals surface area contributed by atoms with Crippen molar-refractivity contribution in [3.63, 3.8) is 0 Å². The number of benzene rings is 2. The summed E-state index contributed by atoms with van der Waals surface area (Å²) in [5.41, 5.74) is 7.24. The molecule has 0 aliphatic heterocycles. The minimum absolute atomic E-state index is 0.0513. The maximum absolute atomic E-state index is 11.2. The van der Waals surface area contributed by atoms with Gasteiger partial charge in [-0.25, -0.2) is 0 Å². The molecule has 0 bridgehead atoms. The normalized spacial score (nSPS) is 10.9. The van der Waals surface area contributed by atoms with E-state index in [-0.39, 0.29) is 11.3 Å². The highest BCUT2D eigenvalue weighted by Gasteiger charge is 2.12. The smallest absolute Gasteiger partial charge is 0.259 e. The van der Waals surface area contributed by atoms with Crippen LogP contribution >= 0.6 is 0 Å². The lowest BCUT2D eigenvalue weighted by molar-refractivity contribution is -0.114. The van der Waals surface area contributed by atoms with Gasteiger partial charge in [-0.1, -0.05) is 30.3 Å². The first-order chi connectivity index (χ1) is 11.5. The Balaban J connectivity index is 2.50. The van der Waals surface area contributed by atoms with Crippen LogP contribution in [0.1, 0.15) is 23.6 Å². The standard InChI is InChI=1S/C19H18N2O3/c1-2-24-17-11-14(10-16(12-20)19(21)23)9-15(18(17)22)8-13-6-4-3-5-7-13/h3-7,9-11,22H,2,8H2,1H3,(H2,21,23). The van der Waals surface area contributed by atoms with Crippen molar-refractivity contribution < 1.29 is 14.6 Å². The summed E-state index contributed by atoms with van der Waals surface area (Å²) in [5.74, 6) is -0.442. The molecular weight excluding hydrogens is 304 g/mol. The second kappa shape index (κ2) is 7.84. The van der Waals surface area contributed by atoms with Gasteiger partial charge in [0, 0.05) is 12.0 Å². The maximum Gasteiger partial charge on any atom is 0.259 e. The summed E-state index contributed by atoms with van der Waals surface area (Å²) in [5, 5.41) is 19.4. The van der Waals surface area contributed by atoms with Crippen LogP contribution in [0.25, 0.3) is 6.08 Å². The Kier molecular flexibility index (Phi) is 5.58. The maximum atomic E-state index is 11.2. The molecular formula is C19H18N2O3. The van der Waals surface area contributed by atoms with Gasteiger partial charge in [-0.15, -0.1) is 0 Å². The molecule has 5 nitrogen and oxygen atoms in total. The highest BCUT2D eigenvalue weighted by Crippen LogP contribution is 2.34. The second-order valence-electron chi connectivity index (χ2n) is 5.16. The van der Waals surface area contributed by atoms with Gasteiger partial charge in [0.1, 0.15) is 11.6 Å². The Bertz CT molecular complexity index is 805. The van der Waals surface area contributed by atoms with Crippen molar-refractivity contribution in [2.75, 3.05) is 6.61 Å². The Hall–Kier alpha value is -3.26. The molecule has 0 fully saturated rings. The lowest BCUT2D eigenvalue weighted by Crippen LogP contribution is -2.12. The molecule has 3 N–H and O–H groups in total. The van der Waals surface area contributed by atoms with E-state index >= 15 is 0 Å². The van der Waals surface area contributed by atoms with Gasteiger partial charge in [0.15, 0.2) is 11.5 Å². The number of hydrogen-bond acceptors (Lipinski definition) is 4. The molecule has 0 radical (unpaired) electrons. The molecule has 1 amide bonds. The Morgan fingerprint density at radius 1 is 1.33 bits per heavy atom. The number of rotatable bonds is 6. The average molecular weight is 322 g/mol. The van der Waals surface area contributed by atoms with Gasteiger partial charge >= 0.3 is 0 Å². The van der Waals surface area contributed by atoms with E-state index in [1.165, 1.54) is 6.08 Å². The number of nitrogens with two attached hydrogens (primary N) is 1. The summed E-state index contributed by atoms with van der Waals surface area (Å²) in [6.07, 6.45) is 1.88. The highest BCUT2D eigenvalue weighted by atomic mass is 16.5. The number of carbonyl (C=O) groups is 1. The lowest BCUT2D eigenvalue weighted by Gasteiger charge is -2.12. The van der Waals surface area contributed by atoms with E-state index in [0.29, 0.717) is 29.9 Å². The SMILES string of the molecule is CCOc1cc(C=C(C#N)C(N)=O)cc(Cc2ccccc2)c1O. The molecule has 24 heavy (non-hydrogen) atoms. The Morgan fingerprint density at radius 2 is 2.04 bits per heavy atom. The number of carbonyl (C=O) groups excluding carboxylic acids is 1. The summed E-state index contributed by atoms with van der Waals surface area (Å²) in [6.45, 7) is 2.19. The molecule has 5 heteroatoms. The number of phenolic OH excluding ortho intramolecular Hbond substituents is 1. The fraction of sp³-hybridized carbons (Fsp3) is 0.158. The van der Waals surface area contributed by atoms with Crippen LogP contribution in [0.4, 0.5) is 0 Å². The van der Waals surface area contributed by atoms with Gasteiger partial charge in [0.25, 0.3) is 5.91 Å². The monoisotopic (exact) mass is 322 g/mol. The lowest BCUT2D eigenvalue weighted by atomic mass is 10.00. The molecule has 0 aliphatic carbocycles. The first kappa shape index (κ1) is 17.1. The van der Waals surface area contributed by atoms with Crippen molar-refractivity contribution in [3.8, 4) is 17.6 Å². The van der Waals surface area contributed by atoms with Gasteiger partial charge in [-0.3, -0.25) is 4.79 Å². The van der Waals surface area contributed by atoms with Crippen molar-refractivity contribution in [3.05, 3.63) is 64.7 Å². The van der Waals surface area contributed by atoms with E-state index in [0.717, 1.165) is 5.56 Å². The molecule has 0 spiro atoms. The molecule has 0 saturated heterocycles. The Morgan fingerprint density at radius 3 is 2.62 bits per heavy atom. The quantitative estimate of drug-likeness (QED) is 0.631. The summed E-state index contributed by atoms with van der Waals surface area (Å²) in [7, 11) is 0. The summed E-state index contributed by atoms with van der Waals surface area (Å²) >= 11 is 0. The van der Waals surface area contributed by atoms with Gasteiger partial charge < -0.3 is 15.6 Å². The number of phenols is 1. The van der Waals surface area contributed by atoms with Crippen molar-refractivity contribution in [1.29, 1.82) is 5.26 Å². The van der Waals surface area contributed by atoms with E-state index in [1.54, 1.807) is 18.2 Å². The molecule has 0 aromatic heterocycles. The van der Waals surface area contributed by atoms with Crippen LogP contribution in [0.15, 0.2) is 48.0 Å². The molecule has 0 aliphatic rings. The van der Waals surface area contributed by atoms with Crippen LogP contribution in [0, 0.1) is 11.3 Å². The molecule has 0 atom stereocenters. The predicted octanol–water partition coefficient (Wildman–Crippen LogP) is 2.77. The van der Waals surface area contributed by atoms with Crippen LogP contribution in [0.5, 0.6) is 11.5 Å². The number of hydrogen-bond donors (Lipinski definition) is 2. The second-order valence-corrected chi connectivity index (χ2v) is 5.16. The third kappa shape index (κ3) is 4.14. The number of amides is 1. The van der Waals surface area contributed by atoms with Crippen LogP contribution in [-0.2, 0) is 11.2 Å². The summed E-state index contributed by atoms with van der Waals surface area (Å²) in [6, 6.07) is 14.7. The number of aromatic hydroxyl groups is 1. The van der Waals surface area contributed by atoms with E-state index < -0.39 is 5.91 Å². The zero-order valence-electron chi connectivity index (χ0n) is 13.3. The zero-order chi connectivity index (χ0) is 17.5. The minimum atomic E-state index is -0.798. The van der Waals surface area contributed by atoms with E-state index in [2.05, 4.69) is 0 Å². The van der Waals surface area contributed by atoms with Crippen molar-refractivity contribution in [2.45, 2.75) is 13.3 Å². The van der Waals surface area contributed by atoms with Crippen LogP contribution in [-0.4, -0.2) is 17.6 Å². The van der Waals surface area contributed by atoms with Crippen molar-refractivity contribution in [1.82, 2.24) is 0 Å². The van der Waals surface area contributed by atoms with Crippen LogP contribution in [0.3, 0.4) is 0 Å². The molecule has 2 aromatic carbocycles. The van der Waals surface area contributed by atoms with Gasteiger partial charge in [0.05, 0.1) is 6.61 Å². The first-order valence-electron chi connectivity index (χ1n) is 7.49. The third-order valence-electron chi connectivity index (χ3n) is 3.41. The number of ether oxygens (including phenoxy) is 1. The topological polar surface area (TPSA) is 96.3 Å². The minimum Gasteiger partial charge on any atom is -0.504 e. The predicted molar refractivity (Wildman–Crippen MR) is 91.3 cm³/mol. The van der Waals surface area contributed by atoms with E-state index in [4.69, 9.17) is 15.7 Å². The fourth-order valence-electron chi connectivity index (χ4n) is 2.31. The zero-order valence-corrected chi connectivity index (χ0v) is 13.3. The number of primary amides is 1. The summed E-state index contributed by atoms with van der Waals surface area (Å²) in [4.78, 5) is 11.2. The number of nitriles is 1. The van der Waals surface area contributed by atoms with Crippen molar-refractivity contribution in [2.24, 2.45) is 5.73 Å².